The molecule has 1 heterocycles. The summed E-state index contributed by atoms with van der Waals surface area (Å²) in [4.78, 5) is 31.6. The number of anilines is 1. The smallest absolute Gasteiger partial charge is 0.244 e. The molecular formula is C24H27N3O4. The summed E-state index contributed by atoms with van der Waals surface area (Å²) in [6, 6.07) is 16.7. The minimum absolute atomic E-state index is 0.0484. The monoisotopic (exact) mass is 421 g/mol. The third kappa shape index (κ3) is 5.72. The van der Waals surface area contributed by atoms with Gasteiger partial charge in [0.05, 0.1) is 31.5 Å². The van der Waals surface area contributed by atoms with E-state index in [0.717, 1.165) is 12.0 Å². The molecular weight excluding hydrogens is 394 g/mol. The number of hydrogen-bond donors (Lipinski definition) is 1. The molecule has 7 heteroatoms. The molecule has 2 aromatic carbocycles. The highest BCUT2D eigenvalue weighted by molar-refractivity contribution is 5.95. The van der Waals surface area contributed by atoms with Crippen LogP contribution >= 0.6 is 0 Å². The molecule has 0 unspecified atom stereocenters. The SMILES string of the molecule is CCCN(CC(=O)Nc1ccccc1OC)C(=O)Cc1nc(-c2ccccc2)oc1C. The van der Waals surface area contributed by atoms with E-state index >= 15 is 0 Å². The molecule has 2 amide bonds. The average Bonchev–Trinajstić information content (AvgIpc) is 3.14. The molecule has 162 valence electrons. The number of benzene rings is 2. The molecule has 0 aliphatic rings. The molecule has 0 aliphatic heterocycles. The van der Waals surface area contributed by atoms with Gasteiger partial charge in [-0.25, -0.2) is 4.98 Å². The van der Waals surface area contributed by atoms with Crippen molar-refractivity contribution in [3.63, 3.8) is 0 Å². The molecule has 7 nitrogen and oxygen atoms in total. The maximum Gasteiger partial charge on any atom is 0.244 e. The summed E-state index contributed by atoms with van der Waals surface area (Å²) in [5.74, 6) is 1.19. The largest absolute Gasteiger partial charge is 0.495 e. The number of rotatable bonds is 9. The molecule has 0 atom stereocenters. The second kappa shape index (κ2) is 10.4. The number of aryl methyl sites for hydroxylation is 1. The van der Waals surface area contributed by atoms with Crippen LogP contribution in [0.2, 0.25) is 0 Å². The number of methoxy groups -OCH3 is 1. The summed E-state index contributed by atoms with van der Waals surface area (Å²) in [7, 11) is 1.54. The van der Waals surface area contributed by atoms with Crippen LogP contribution < -0.4 is 10.1 Å². The third-order valence-corrected chi connectivity index (χ3v) is 4.79. The first-order valence-corrected chi connectivity index (χ1v) is 10.2. The summed E-state index contributed by atoms with van der Waals surface area (Å²) >= 11 is 0. The number of carbonyl (C=O) groups excluding carboxylic acids is 2. The number of oxazole rings is 1. The zero-order valence-electron chi connectivity index (χ0n) is 18.1. The number of nitrogens with one attached hydrogen (secondary N) is 1. The molecule has 3 aromatic rings. The number of amides is 2. The van der Waals surface area contributed by atoms with E-state index in [2.05, 4.69) is 10.3 Å². The van der Waals surface area contributed by atoms with Crippen LogP contribution in [-0.4, -0.2) is 41.9 Å². The number of ether oxygens (including phenoxy) is 1. The Balaban J connectivity index is 1.68. The summed E-state index contributed by atoms with van der Waals surface area (Å²) in [5, 5.41) is 2.81. The summed E-state index contributed by atoms with van der Waals surface area (Å²) in [6.07, 6.45) is 0.810. The molecule has 1 aromatic heterocycles. The van der Waals surface area contributed by atoms with Crippen LogP contribution in [0, 0.1) is 6.92 Å². The predicted molar refractivity (Wildman–Crippen MR) is 119 cm³/mol. The van der Waals surface area contributed by atoms with Crippen LogP contribution in [-0.2, 0) is 16.0 Å². The Morgan fingerprint density at radius 3 is 2.52 bits per heavy atom. The van der Waals surface area contributed by atoms with Gasteiger partial charge < -0.3 is 19.4 Å². The van der Waals surface area contributed by atoms with Gasteiger partial charge in [0, 0.05) is 12.1 Å². The lowest BCUT2D eigenvalue weighted by Gasteiger charge is -2.21. The van der Waals surface area contributed by atoms with Crippen molar-refractivity contribution in [1.29, 1.82) is 0 Å². The van der Waals surface area contributed by atoms with Gasteiger partial charge in [-0.1, -0.05) is 37.3 Å². The van der Waals surface area contributed by atoms with E-state index < -0.39 is 0 Å². The normalized spacial score (nSPS) is 10.5. The van der Waals surface area contributed by atoms with Gasteiger partial charge in [-0.2, -0.15) is 0 Å². The second-order valence-electron chi connectivity index (χ2n) is 7.13. The maximum atomic E-state index is 13.0. The van der Waals surface area contributed by atoms with E-state index in [4.69, 9.17) is 9.15 Å². The lowest BCUT2D eigenvalue weighted by molar-refractivity contribution is -0.134. The minimum Gasteiger partial charge on any atom is -0.495 e. The van der Waals surface area contributed by atoms with Crippen molar-refractivity contribution >= 4 is 17.5 Å². The molecule has 0 radical (unpaired) electrons. The Kier molecular flexibility index (Phi) is 7.43. The second-order valence-corrected chi connectivity index (χ2v) is 7.13. The van der Waals surface area contributed by atoms with Crippen molar-refractivity contribution in [2.75, 3.05) is 25.5 Å². The van der Waals surface area contributed by atoms with Crippen molar-refractivity contribution in [1.82, 2.24) is 9.88 Å². The maximum absolute atomic E-state index is 13.0. The first-order chi connectivity index (χ1) is 15.0. The Labute approximate surface area is 182 Å². The molecule has 3 rings (SSSR count). The van der Waals surface area contributed by atoms with Crippen LogP contribution in [0.4, 0.5) is 5.69 Å². The summed E-state index contributed by atoms with van der Waals surface area (Å²) < 4.78 is 11.0. The number of hydrogen-bond acceptors (Lipinski definition) is 5. The molecule has 0 saturated heterocycles. The van der Waals surface area contributed by atoms with Gasteiger partial charge in [-0.05, 0) is 37.6 Å². The van der Waals surface area contributed by atoms with Crippen LogP contribution in [0.15, 0.2) is 59.0 Å². The highest BCUT2D eigenvalue weighted by Crippen LogP contribution is 2.23. The van der Waals surface area contributed by atoms with Crippen molar-refractivity contribution in [3.8, 4) is 17.2 Å². The lowest BCUT2D eigenvalue weighted by Crippen LogP contribution is -2.39. The fourth-order valence-corrected chi connectivity index (χ4v) is 3.22. The fraction of sp³-hybridized carbons (Fsp3) is 0.292. The number of carbonyl (C=O) groups is 2. The quantitative estimate of drug-likeness (QED) is 0.563. The van der Waals surface area contributed by atoms with E-state index in [1.807, 2.05) is 49.4 Å². The summed E-state index contributed by atoms with van der Waals surface area (Å²) in [6.45, 7) is 4.18. The highest BCUT2D eigenvalue weighted by atomic mass is 16.5. The Hall–Kier alpha value is -3.61. The molecule has 0 aliphatic carbocycles. The molecule has 0 saturated carbocycles. The first kappa shape index (κ1) is 22.1. The Bertz CT molecular complexity index is 1030. The van der Waals surface area contributed by atoms with E-state index in [-0.39, 0.29) is 24.8 Å². The first-order valence-electron chi connectivity index (χ1n) is 10.2. The predicted octanol–water partition coefficient (Wildman–Crippen LogP) is 4.08. The van der Waals surface area contributed by atoms with Gasteiger partial charge in [-0.3, -0.25) is 9.59 Å². The van der Waals surface area contributed by atoms with E-state index in [1.54, 1.807) is 31.1 Å². The van der Waals surface area contributed by atoms with E-state index in [9.17, 15) is 9.59 Å². The number of para-hydroxylation sites is 2. The fourth-order valence-electron chi connectivity index (χ4n) is 3.22. The van der Waals surface area contributed by atoms with Crippen LogP contribution in [0.1, 0.15) is 24.8 Å². The molecule has 1 N–H and O–H groups in total. The lowest BCUT2D eigenvalue weighted by atomic mass is 10.2. The number of nitrogens with zero attached hydrogens (tertiary/aromatic N) is 2. The van der Waals surface area contributed by atoms with Gasteiger partial charge in [0.2, 0.25) is 17.7 Å². The standard InChI is InChI=1S/C24H27N3O4/c1-4-14-27(16-22(28)25-19-12-8-9-13-21(19)30-3)23(29)15-20-17(2)31-24(26-20)18-10-6-5-7-11-18/h5-13H,4,14-16H2,1-3H3,(H,25,28). The van der Waals surface area contributed by atoms with Gasteiger partial charge in [-0.15, -0.1) is 0 Å². The topological polar surface area (TPSA) is 84.7 Å². The van der Waals surface area contributed by atoms with Crippen LogP contribution in [0.5, 0.6) is 5.75 Å². The number of aromatic nitrogens is 1. The highest BCUT2D eigenvalue weighted by Gasteiger charge is 2.21. The average molecular weight is 421 g/mol. The van der Waals surface area contributed by atoms with Crippen molar-refractivity contribution in [2.45, 2.75) is 26.7 Å². The Morgan fingerprint density at radius 2 is 1.81 bits per heavy atom. The van der Waals surface area contributed by atoms with Crippen molar-refractivity contribution in [2.24, 2.45) is 0 Å². The molecule has 31 heavy (non-hydrogen) atoms. The molecule has 0 spiro atoms. The van der Waals surface area contributed by atoms with Crippen LogP contribution in [0.25, 0.3) is 11.5 Å². The molecule has 0 bridgehead atoms. The van der Waals surface area contributed by atoms with Crippen molar-refractivity contribution in [3.05, 3.63) is 66.1 Å². The van der Waals surface area contributed by atoms with Gasteiger partial charge in [0.15, 0.2) is 0 Å². The Morgan fingerprint density at radius 1 is 1.10 bits per heavy atom. The minimum atomic E-state index is -0.284. The van der Waals surface area contributed by atoms with E-state index in [1.165, 1.54) is 0 Å². The van der Waals surface area contributed by atoms with Gasteiger partial charge >= 0.3 is 0 Å². The zero-order chi connectivity index (χ0) is 22.2. The third-order valence-electron chi connectivity index (χ3n) is 4.79. The zero-order valence-corrected chi connectivity index (χ0v) is 18.1. The van der Waals surface area contributed by atoms with Crippen LogP contribution in [0.3, 0.4) is 0 Å². The van der Waals surface area contributed by atoms with Gasteiger partial charge in [0.25, 0.3) is 0 Å². The summed E-state index contributed by atoms with van der Waals surface area (Å²) in [5.41, 5.74) is 2.00. The van der Waals surface area contributed by atoms with Gasteiger partial charge in [0.1, 0.15) is 11.5 Å². The molecule has 0 fully saturated rings. The van der Waals surface area contributed by atoms with E-state index in [0.29, 0.717) is 35.3 Å². The van der Waals surface area contributed by atoms with Crippen molar-refractivity contribution < 1.29 is 18.7 Å².